The van der Waals surface area contributed by atoms with E-state index < -0.39 is 0 Å². The van der Waals surface area contributed by atoms with Crippen LogP contribution < -0.4 is 5.32 Å². The predicted molar refractivity (Wildman–Crippen MR) is 74.6 cm³/mol. The van der Waals surface area contributed by atoms with Crippen LogP contribution in [-0.4, -0.2) is 24.5 Å². The second kappa shape index (κ2) is 7.36. The van der Waals surface area contributed by atoms with Gasteiger partial charge in [-0.25, -0.2) is 0 Å². The Morgan fingerprint density at radius 1 is 1.26 bits per heavy atom. The van der Waals surface area contributed by atoms with Gasteiger partial charge in [-0.3, -0.25) is 9.59 Å². The summed E-state index contributed by atoms with van der Waals surface area (Å²) in [5.41, 5.74) is 0.395. The molecule has 19 heavy (non-hydrogen) atoms. The number of esters is 1. The second-order valence-electron chi connectivity index (χ2n) is 4.17. The molecule has 1 amide bonds. The summed E-state index contributed by atoms with van der Waals surface area (Å²) in [6, 6.07) is 4.59. The van der Waals surface area contributed by atoms with Crippen LogP contribution in [0.5, 0.6) is 0 Å². The van der Waals surface area contributed by atoms with Gasteiger partial charge in [0, 0.05) is 12.1 Å². The van der Waals surface area contributed by atoms with Crippen molar-refractivity contribution in [2.75, 3.05) is 6.54 Å². The maximum Gasteiger partial charge on any atom is 0.307 e. The summed E-state index contributed by atoms with van der Waals surface area (Å²) in [6.07, 6.45) is -0.0242. The molecule has 0 atom stereocenters. The summed E-state index contributed by atoms with van der Waals surface area (Å²) in [6.45, 7) is 3.75. The van der Waals surface area contributed by atoms with Crippen molar-refractivity contribution in [1.82, 2.24) is 5.32 Å². The van der Waals surface area contributed by atoms with Crippen LogP contribution in [-0.2, 0) is 9.53 Å². The van der Waals surface area contributed by atoms with Crippen molar-refractivity contribution in [1.29, 1.82) is 0 Å². The molecular weight excluding hydrogens is 289 g/mol. The number of hydrogen-bond donors (Lipinski definition) is 1. The number of carbonyl (C=O) groups excluding carboxylic acids is 2. The highest BCUT2D eigenvalue weighted by Crippen LogP contribution is 2.22. The summed E-state index contributed by atoms with van der Waals surface area (Å²) in [5.74, 6) is -0.652. The average Bonchev–Trinajstić information content (AvgIpc) is 2.31. The average molecular weight is 304 g/mol. The van der Waals surface area contributed by atoms with Gasteiger partial charge in [-0.1, -0.05) is 23.2 Å². The largest absolute Gasteiger partial charge is 0.463 e. The van der Waals surface area contributed by atoms with E-state index >= 15 is 0 Å². The van der Waals surface area contributed by atoms with Crippen molar-refractivity contribution in [2.24, 2.45) is 0 Å². The molecule has 1 aromatic rings. The quantitative estimate of drug-likeness (QED) is 0.851. The van der Waals surface area contributed by atoms with E-state index in [4.69, 9.17) is 27.9 Å². The van der Waals surface area contributed by atoms with Gasteiger partial charge in [0.25, 0.3) is 5.91 Å². The van der Waals surface area contributed by atoms with E-state index in [2.05, 4.69) is 5.32 Å². The highest BCUT2D eigenvalue weighted by Gasteiger charge is 2.09. The molecule has 0 radical (unpaired) electrons. The molecule has 0 aromatic heterocycles. The molecule has 0 spiro atoms. The maximum absolute atomic E-state index is 11.7. The molecule has 1 rings (SSSR count). The number of ether oxygens (including phenoxy) is 1. The molecule has 0 heterocycles. The first-order valence-electron chi connectivity index (χ1n) is 5.83. The van der Waals surface area contributed by atoms with Gasteiger partial charge in [0.05, 0.1) is 22.6 Å². The van der Waals surface area contributed by atoms with Crippen molar-refractivity contribution in [3.63, 3.8) is 0 Å². The van der Waals surface area contributed by atoms with E-state index in [1.54, 1.807) is 26.0 Å². The fourth-order valence-corrected chi connectivity index (χ4v) is 1.64. The third kappa shape index (κ3) is 5.49. The lowest BCUT2D eigenvalue weighted by Gasteiger charge is -2.08. The van der Waals surface area contributed by atoms with E-state index in [0.717, 1.165) is 0 Å². The predicted octanol–water partition coefficient (Wildman–Crippen LogP) is 3.06. The molecule has 0 bridgehead atoms. The minimum atomic E-state index is -0.343. The highest BCUT2D eigenvalue weighted by atomic mass is 35.5. The smallest absolute Gasteiger partial charge is 0.307 e. The van der Waals surface area contributed by atoms with Crippen LogP contribution in [0, 0.1) is 0 Å². The Hall–Kier alpha value is -1.26. The standard InChI is InChI=1S/C13H15Cl2NO3/c1-8(2)19-12(17)5-6-16-13(18)9-3-4-10(14)11(15)7-9/h3-4,7-8H,5-6H2,1-2H3,(H,16,18). The number of carbonyl (C=O) groups is 2. The number of halogens is 2. The van der Waals surface area contributed by atoms with Crippen LogP contribution in [0.1, 0.15) is 30.6 Å². The first-order chi connectivity index (χ1) is 8.90. The van der Waals surface area contributed by atoms with Crippen molar-refractivity contribution in [2.45, 2.75) is 26.4 Å². The van der Waals surface area contributed by atoms with Crippen LogP contribution in [0.4, 0.5) is 0 Å². The topological polar surface area (TPSA) is 55.4 Å². The number of hydrogen-bond acceptors (Lipinski definition) is 3. The van der Waals surface area contributed by atoms with Crippen LogP contribution in [0.3, 0.4) is 0 Å². The second-order valence-corrected chi connectivity index (χ2v) is 4.99. The Bertz CT molecular complexity index is 475. The summed E-state index contributed by atoms with van der Waals surface area (Å²) >= 11 is 11.6. The van der Waals surface area contributed by atoms with Crippen molar-refractivity contribution < 1.29 is 14.3 Å². The molecule has 0 aliphatic carbocycles. The molecule has 6 heteroatoms. The normalized spacial score (nSPS) is 10.4. The Morgan fingerprint density at radius 3 is 2.53 bits per heavy atom. The molecular formula is C13H15Cl2NO3. The summed E-state index contributed by atoms with van der Waals surface area (Å²) < 4.78 is 4.94. The molecule has 0 aliphatic rings. The number of amides is 1. The van der Waals surface area contributed by atoms with Crippen LogP contribution in [0.25, 0.3) is 0 Å². The van der Waals surface area contributed by atoms with Gasteiger partial charge in [0.1, 0.15) is 0 Å². The summed E-state index contributed by atoms with van der Waals surface area (Å²) in [4.78, 5) is 23.0. The Labute approximate surface area is 122 Å². The third-order valence-corrected chi connectivity index (χ3v) is 2.90. The number of nitrogens with one attached hydrogen (secondary N) is 1. The summed E-state index contributed by atoms with van der Waals surface area (Å²) in [7, 11) is 0. The van der Waals surface area contributed by atoms with Crippen LogP contribution in [0.15, 0.2) is 18.2 Å². The molecule has 0 fully saturated rings. The lowest BCUT2D eigenvalue weighted by atomic mass is 10.2. The molecule has 1 aromatic carbocycles. The lowest BCUT2D eigenvalue weighted by Crippen LogP contribution is -2.27. The zero-order valence-electron chi connectivity index (χ0n) is 10.7. The van der Waals surface area contributed by atoms with Gasteiger partial charge < -0.3 is 10.1 Å². The van der Waals surface area contributed by atoms with Gasteiger partial charge in [0.2, 0.25) is 0 Å². The highest BCUT2D eigenvalue weighted by molar-refractivity contribution is 6.42. The van der Waals surface area contributed by atoms with E-state index in [1.165, 1.54) is 6.07 Å². The van der Waals surface area contributed by atoms with E-state index in [-0.39, 0.29) is 30.9 Å². The lowest BCUT2D eigenvalue weighted by molar-refractivity contribution is -0.147. The van der Waals surface area contributed by atoms with Gasteiger partial charge in [-0.2, -0.15) is 0 Å². The molecule has 0 saturated carbocycles. The van der Waals surface area contributed by atoms with Gasteiger partial charge in [-0.05, 0) is 32.0 Å². The maximum atomic E-state index is 11.7. The zero-order chi connectivity index (χ0) is 14.4. The monoisotopic (exact) mass is 303 g/mol. The minimum absolute atomic E-state index is 0.130. The molecule has 104 valence electrons. The number of benzene rings is 1. The molecule has 1 N–H and O–H groups in total. The zero-order valence-corrected chi connectivity index (χ0v) is 12.2. The van der Waals surface area contributed by atoms with Gasteiger partial charge in [0.15, 0.2) is 0 Å². The third-order valence-electron chi connectivity index (χ3n) is 2.16. The van der Waals surface area contributed by atoms with Crippen LogP contribution in [0.2, 0.25) is 10.0 Å². The van der Waals surface area contributed by atoms with Crippen molar-refractivity contribution in [3.05, 3.63) is 33.8 Å². The first kappa shape index (κ1) is 15.8. The van der Waals surface area contributed by atoms with Gasteiger partial charge >= 0.3 is 5.97 Å². The fraction of sp³-hybridized carbons (Fsp3) is 0.385. The Balaban J connectivity index is 2.43. The SMILES string of the molecule is CC(C)OC(=O)CCNC(=O)c1ccc(Cl)c(Cl)c1. The molecule has 0 unspecified atom stereocenters. The minimum Gasteiger partial charge on any atom is -0.463 e. The Kier molecular flexibility index (Phi) is 6.12. The fourth-order valence-electron chi connectivity index (χ4n) is 1.34. The molecule has 0 aliphatic heterocycles. The number of rotatable bonds is 5. The van der Waals surface area contributed by atoms with E-state index in [0.29, 0.717) is 15.6 Å². The van der Waals surface area contributed by atoms with Crippen LogP contribution >= 0.6 is 23.2 Å². The van der Waals surface area contributed by atoms with Crippen molar-refractivity contribution >= 4 is 35.1 Å². The van der Waals surface area contributed by atoms with E-state index in [1.807, 2.05) is 0 Å². The molecule has 0 saturated heterocycles. The molecule has 4 nitrogen and oxygen atoms in total. The Morgan fingerprint density at radius 2 is 1.95 bits per heavy atom. The van der Waals surface area contributed by atoms with Gasteiger partial charge in [-0.15, -0.1) is 0 Å². The first-order valence-corrected chi connectivity index (χ1v) is 6.58. The van der Waals surface area contributed by atoms with E-state index in [9.17, 15) is 9.59 Å². The summed E-state index contributed by atoms with van der Waals surface area (Å²) in [5, 5.41) is 3.31. The van der Waals surface area contributed by atoms with Crippen molar-refractivity contribution in [3.8, 4) is 0 Å².